The second-order valence-corrected chi connectivity index (χ2v) is 13.9. The number of hydrogen-bond acceptors (Lipinski definition) is 12. The van der Waals surface area contributed by atoms with Gasteiger partial charge in [0.2, 0.25) is 0 Å². The largest absolute Gasteiger partial charge is 0.466 e. The minimum absolute atomic E-state index is 0.113. The van der Waals surface area contributed by atoms with Crippen LogP contribution < -0.4 is 10.2 Å². The van der Waals surface area contributed by atoms with E-state index in [0.717, 1.165) is 35.3 Å². The minimum atomic E-state index is -1.64. The van der Waals surface area contributed by atoms with Crippen LogP contribution in [0.3, 0.4) is 0 Å². The molecular formula is C31H28N2O9S3. The van der Waals surface area contributed by atoms with Gasteiger partial charge >= 0.3 is 29.9 Å². The van der Waals surface area contributed by atoms with Crippen LogP contribution in [0.25, 0.3) is 5.57 Å². The molecule has 2 amide bonds. The Morgan fingerprint density at radius 1 is 0.689 bits per heavy atom. The Kier molecular flexibility index (Phi) is 8.84. The Morgan fingerprint density at radius 2 is 1.20 bits per heavy atom. The maximum Gasteiger partial charge on any atom is 0.345 e. The van der Waals surface area contributed by atoms with Crippen molar-refractivity contribution in [3.63, 3.8) is 0 Å². The number of thioether (sulfide) groups is 3. The zero-order chi connectivity index (χ0) is 32.7. The molecule has 3 aliphatic rings. The first-order chi connectivity index (χ1) is 21.5. The third-order valence-electron chi connectivity index (χ3n) is 7.27. The normalized spacial score (nSPS) is 17.8. The van der Waals surface area contributed by atoms with Crippen LogP contribution in [0.4, 0.5) is 16.2 Å². The van der Waals surface area contributed by atoms with Crippen molar-refractivity contribution >= 4 is 82.1 Å². The van der Waals surface area contributed by atoms with Gasteiger partial charge < -0.3 is 24.3 Å². The molecule has 0 unspecified atom stereocenters. The van der Waals surface area contributed by atoms with Crippen molar-refractivity contribution < 1.29 is 42.9 Å². The number of urea groups is 1. The molecule has 0 radical (unpaired) electrons. The van der Waals surface area contributed by atoms with Gasteiger partial charge in [0, 0.05) is 21.7 Å². The first kappa shape index (κ1) is 32.3. The molecular weight excluding hydrogens is 641 g/mol. The van der Waals surface area contributed by atoms with Crippen molar-refractivity contribution in [2.24, 2.45) is 0 Å². The van der Waals surface area contributed by atoms with E-state index < -0.39 is 39.5 Å². The summed E-state index contributed by atoms with van der Waals surface area (Å²) >= 11 is 2.72. The van der Waals surface area contributed by atoms with Gasteiger partial charge in [-0.25, -0.2) is 24.0 Å². The van der Waals surface area contributed by atoms with Crippen LogP contribution in [-0.4, -0.2) is 68.0 Å². The average Bonchev–Trinajstić information content (AvgIpc) is 3.43. The van der Waals surface area contributed by atoms with Crippen molar-refractivity contribution in [1.82, 2.24) is 0 Å². The Morgan fingerprint density at radius 3 is 1.76 bits per heavy atom. The van der Waals surface area contributed by atoms with Gasteiger partial charge in [0.25, 0.3) is 0 Å². The second-order valence-electron chi connectivity index (χ2n) is 10.2. The van der Waals surface area contributed by atoms with Gasteiger partial charge in [-0.1, -0.05) is 71.7 Å². The summed E-state index contributed by atoms with van der Waals surface area (Å²) in [6.45, 7) is 3.61. The van der Waals surface area contributed by atoms with E-state index in [2.05, 4.69) is 5.32 Å². The summed E-state index contributed by atoms with van der Waals surface area (Å²) in [7, 11) is 4.68. The maximum absolute atomic E-state index is 14.0. The molecule has 0 saturated carbocycles. The molecule has 2 aromatic rings. The number of rotatable bonds is 5. The number of benzene rings is 2. The smallest absolute Gasteiger partial charge is 0.345 e. The van der Waals surface area contributed by atoms with E-state index in [4.69, 9.17) is 18.9 Å². The third kappa shape index (κ3) is 5.20. The molecule has 0 atom stereocenters. The molecule has 0 saturated heterocycles. The highest BCUT2D eigenvalue weighted by Crippen LogP contribution is 2.71. The number of fused-ring (bicyclic) bond motifs is 3. The monoisotopic (exact) mass is 668 g/mol. The van der Waals surface area contributed by atoms with Gasteiger partial charge in [0.05, 0.1) is 45.2 Å². The lowest BCUT2D eigenvalue weighted by molar-refractivity contribution is -0.138. The number of esters is 4. The van der Waals surface area contributed by atoms with E-state index in [1.807, 2.05) is 19.9 Å². The van der Waals surface area contributed by atoms with Gasteiger partial charge in [0.1, 0.15) is 18.8 Å². The summed E-state index contributed by atoms with van der Waals surface area (Å²) in [6.07, 6.45) is 0. The first-order valence-corrected chi connectivity index (χ1v) is 15.8. The summed E-state index contributed by atoms with van der Waals surface area (Å²) in [5.41, 5.74) is 0.810. The van der Waals surface area contributed by atoms with Gasteiger partial charge in [-0.3, -0.25) is 4.90 Å². The van der Waals surface area contributed by atoms with E-state index in [-0.39, 0.29) is 20.3 Å². The number of para-hydroxylation sites is 2. The van der Waals surface area contributed by atoms with E-state index >= 15 is 0 Å². The van der Waals surface area contributed by atoms with Crippen LogP contribution in [0.1, 0.15) is 19.4 Å². The quantitative estimate of drug-likeness (QED) is 0.327. The lowest BCUT2D eigenvalue weighted by atomic mass is 9.83. The van der Waals surface area contributed by atoms with Crippen molar-refractivity contribution in [3.05, 3.63) is 85.4 Å². The third-order valence-corrected chi connectivity index (χ3v) is 11.9. The highest BCUT2D eigenvalue weighted by atomic mass is 32.2. The molecule has 1 spiro atoms. The molecule has 1 N–H and O–H groups in total. The maximum atomic E-state index is 14.0. The number of methoxy groups -OCH3 is 4. The number of anilines is 2. The van der Waals surface area contributed by atoms with Crippen molar-refractivity contribution in [3.8, 4) is 0 Å². The molecule has 11 nitrogen and oxygen atoms in total. The fourth-order valence-electron chi connectivity index (χ4n) is 5.33. The lowest BCUT2D eigenvalue weighted by Gasteiger charge is -2.50. The Balaban J connectivity index is 1.82. The van der Waals surface area contributed by atoms with Crippen LogP contribution in [0.2, 0.25) is 0 Å². The van der Waals surface area contributed by atoms with Crippen LogP contribution in [-0.2, 0) is 38.1 Å². The highest BCUT2D eigenvalue weighted by Gasteiger charge is 2.61. The molecule has 5 rings (SSSR count). The summed E-state index contributed by atoms with van der Waals surface area (Å²) in [4.78, 5) is 69.1. The van der Waals surface area contributed by atoms with Crippen molar-refractivity contribution in [2.45, 2.75) is 23.5 Å². The number of nitrogens with one attached hydrogen (secondary N) is 1. The Labute approximate surface area is 271 Å². The van der Waals surface area contributed by atoms with Gasteiger partial charge in [0.15, 0.2) is 0 Å². The van der Waals surface area contributed by atoms with Gasteiger partial charge in [-0.2, -0.15) is 0 Å². The number of carbonyl (C=O) groups is 5. The zero-order valence-corrected chi connectivity index (χ0v) is 27.5. The molecule has 3 heterocycles. The first-order valence-electron chi connectivity index (χ1n) is 13.4. The average molecular weight is 669 g/mol. The molecule has 0 aliphatic carbocycles. The van der Waals surface area contributed by atoms with Crippen LogP contribution in [0.15, 0.2) is 79.8 Å². The minimum Gasteiger partial charge on any atom is -0.466 e. The predicted octanol–water partition coefficient (Wildman–Crippen LogP) is 5.31. The number of nitrogens with zero attached hydrogens (tertiary/aromatic N) is 1. The predicted molar refractivity (Wildman–Crippen MR) is 173 cm³/mol. The fourth-order valence-corrected chi connectivity index (χ4v) is 10.4. The Hall–Kier alpha value is -4.14. The summed E-state index contributed by atoms with van der Waals surface area (Å²) in [6, 6.07) is 15.6. The summed E-state index contributed by atoms with van der Waals surface area (Å²) < 4.78 is 18.7. The lowest BCUT2D eigenvalue weighted by Crippen LogP contribution is -2.55. The zero-order valence-electron chi connectivity index (χ0n) is 25.0. The topological polar surface area (TPSA) is 138 Å². The SMILES string of the molecule is COC(=O)C1=C(C(=O)OC)SC2(S1)C(C(=O)OC)=C(C(=O)OC)SC1=C2c2ccccc2N(C(=O)Nc2ccccc2)C1(C)C. The molecule has 234 valence electrons. The number of hydrogen-bond donors (Lipinski definition) is 1. The Bertz CT molecular complexity index is 1700. The standard InChI is InChI=1S/C31H28N2O9S3/c1-30(2)24-19(17-14-10-11-15-18(17)33(30)29(38)32-16-12-8-7-9-13-16)31(20(25(34)39-3)21(43-24)26(35)40-4)44-22(27(36)41-5)23(45-31)28(37)42-6/h7-15H,1-6H3,(H,32,38). The molecule has 0 aromatic heterocycles. The summed E-state index contributed by atoms with van der Waals surface area (Å²) in [5.74, 6) is -3.37. The van der Waals surface area contributed by atoms with Crippen molar-refractivity contribution in [1.29, 1.82) is 0 Å². The molecule has 45 heavy (non-hydrogen) atoms. The van der Waals surface area contributed by atoms with E-state index in [1.54, 1.807) is 53.4 Å². The van der Waals surface area contributed by atoms with Crippen molar-refractivity contribution in [2.75, 3.05) is 38.7 Å². The van der Waals surface area contributed by atoms with Gasteiger partial charge in [-0.15, -0.1) is 0 Å². The van der Waals surface area contributed by atoms with E-state index in [0.29, 0.717) is 27.4 Å². The molecule has 3 aliphatic heterocycles. The number of ether oxygens (including phenoxy) is 4. The molecule has 2 aromatic carbocycles. The summed E-state index contributed by atoms with van der Waals surface area (Å²) in [5, 5.41) is 2.94. The van der Waals surface area contributed by atoms with Crippen LogP contribution >= 0.6 is 35.3 Å². The van der Waals surface area contributed by atoms with E-state index in [1.165, 1.54) is 28.4 Å². The fraction of sp³-hybridized carbons (Fsp3) is 0.258. The molecule has 0 bridgehead atoms. The molecule has 0 fully saturated rings. The van der Waals surface area contributed by atoms with Crippen LogP contribution in [0.5, 0.6) is 0 Å². The van der Waals surface area contributed by atoms with E-state index in [9.17, 15) is 24.0 Å². The number of amides is 2. The number of carbonyl (C=O) groups excluding carboxylic acids is 5. The molecule has 14 heteroatoms. The van der Waals surface area contributed by atoms with Gasteiger partial charge in [-0.05, 0) is 32.0 Å². The highest BCUT2D eigenvalue weighted by molar-refractivity contribution is 8.26. The second kappa shape index (κ2) is 12.3. The van der Waals surface area contributed by atoms with Crippen LogP contribution in [0, 0.1) is 0 Å².